The van der Waals surface area contributed by atoms with Gasteiger partial charge in [-0.1, -0.05) is 0 Å². The fourth-order valence-corrected chi connectivity index (χ4v) is 0.407. The zero-order valence-electron chi connectivity index (χ0n) is 4.79. The molecule has 0 bridgehead atoms. The fraction of sp³-hybridized carbons (Fsp3) is 0.800. The van der Waals surface area contributed by atoms with Crippen LogP contribution in [0.4, 0.5) is 4.79 Å². The van der Waals surface area contributed by atoms with Crippen molar-refractivity contribution in [3.63, 3.8) is 0 Å². The normalized spacial score (nSPS) is 8.75. The number of hydrogen-bond donors (Lipinski definition) is 0. The van der Waals surface area contributed by atoms with Gasteiger partial charge in [-0.05, 0) is 0 Å². The first-order valence-electron chi connectivity index (χ1n) is 2.58. The minimum atomic E-state index is -0.432. The van der Waals surface area contributed by atoms with Gasteiger partial charge in [-0.2, -0.15) is 0 Å². The van der Waals surface area contributed by atoms with E-state index in [4.69, 9.17) is 0 Å². The van der Waals surface area contributed by atoms with Crippen LogP contribution in [0.25, 0.3) is 0 Å². The Morgan fingerprint density at radius 2 is 2.38 bits per heavy atom. The molecular formula is C5H9FeO2. The number of hydrogen-bond acceptors (Lipinski definition) is 2. The SMILES string of the molecule is CCCCO[C](=O)[Fe]. The molecule has 0 aliphatic rings. The molecule has 0 spiro atoms. The molecule has 2 nitrogen and oxygen atoms in total. The fourth-order valence-electron chi connectivity index (χ4n) is 0.294. The van der Waals surface area contributed by atoms with Crippen molar-refractivity contribution in [3.8, 4) is 0 Å². The van der Waals surface area contributed by atoms with Crippen LogP contribution in [-0.4, -0.2) is 11.5 Å². The van der Waals surface area contributed by atoms with E-state index in [1.807, 2.05) is 6.92 Å². The van der Waals surface area contributed by atoms with Gasteiger partial charge in [0.2, 0.25) is 0 Å². The Morgan fingerprint density at radius 3 is 2.75 bits per heavy atom. The third-order valence-electron chi connectivity index (χ3n) is 0.710. The molecule has 0 heterocycles. The van der Waals surface area contributed by atoms with E-state index in [0.29, 0.717) is 6.61 Å². The summed E-state index contributed by atoms with van der Waals surface area (Å²) in [7, 11) is 0. The van der Waals surface area contributed by atoms with Crippen LogP contribution in [0.15, 0.2) is 0 Å². The van der Waals surface area contributed by atoms with Crippen LogP contribution >= 0.6 is 0 Å². The Hall–Kier alpha value is -0.0105. The maximum absolute atomic E-state index is 9.99. The van der Waals surface area contributed by atoms with E-state index in [9.17, 15) is 4.79 Å². The summed E-state index contributed by atoms with van der Waals surface area (Å²) in [6, 6.07) is 0. The van der Waals surface area contributed by atoms with Gasteiger partial charge in [-0.15, -0.1) is 0 Å². The van der Waals surface area contributed by atoms with Crippen molar-refractivity contribution in [2.24, 2.45) is 0 Å². The van der Waals surface area contributed by atoms with E-state index >= 15 is 0 Å². The van der Waals surface area contributed by atoms with Crippen LogP contribution < -0.4 is 0 Å². The predicted molar refractivity (Wildman–Crippen MR) is 26.3 cm³/mol. The molecule has 3 heteroatoms. The Bertz CT molecular complexity index is 72.8. The molecule has 0 saturated carbocycles. The molecule has 0 aromatic carbocycles. The third kappa shape index (κ3) is 5.99. The van der Waals surface area contributed by atoms with E-state index in [1.165, 1.54) is 0 Å². The number of unbranched alkanes of at least 4 members (excludes halogenated alkanes) is 1. The van der Waals surface area contributed by atoms with Crippen molar-refractivity contribution >= 4 is 4.87 Å². The maximum atomic E-state index is 9.99. The monoisotopic (exact) mass is 157 g/mol. The van der Waals surface area contributed by atoms with Crippen LogP contribution in [0.5, 0.6) is 0 Å². The molecule has 0 aliphatic heterocycles. The zero-order valence-corrected chi connectivity index (χ0v) is 5.90. The first kappa shape index (κ1) is 7.99. The van der Waals surface area contributed by atoms with E-state index < -0.39 is 4.87 Å². The number of ether oxygens (including phenoxy) is 1. The molecule has 0 N–H and O–H groups in total. The van der Waals surface area contributed by atoms with Gasteiger partial charge in [0.25, 0.3) is 0 Å². The van der Waals surface area contributed by atoms with Gasteiger partial charge in [0.15, 0.2) is 0 Å². The standard InChI is InChI=1S/C5H9O2.Fe/c1-2-3-4-7-5-6;/h2-4H2,1H3;. The van der Waals surface area contributed by atoms with Gasteiger partial charge >= 0.3 is 56.8 Å². The van der Waals surface area contributed by atoms with Gasteiger partial charge in [0.05, 0.1) is 0 Å². The molecule has 0 aromatic rings. The summed E-state index contributed by atoms with van der Waals surface area (Å²) in [5.41, 5.74) is 0. The average molecular weight is 157 g/mol. The van der Waals surface area contributed by atoms with Crippen molar-refractivity contribution in [2.45, 2.75) is 19.8 Å². The first-order chi connectivity index (χ1) is 3.77. The molecule has 0 amide bonds. The average Bonchev–Trinajstić information content (AvgIpc) is 1.66. The van der Waals surface area contributed by atoms with Crippen LogP contribution in [0, 0.1) is 0 Å². The Morgan fingerprint density at radius 1 is 1.75 bits per heavy atom. The second-order valence-corrected chi connectivity index (χ2v) is 1.88. The number of carbonyl (C=O) groups is 1. The Balaban J connectivity index is 2.82. The van der Waals surface area contributed by atoms with Crippen LogP contribution in [0.2, 0.25) is 0 Å². The van der Waals surface area contributed by atoms with Gasteiger partial charge in [0, 0.05) is 0 Å². The number of rotatable bonds is 3. The summed E-state index contributed by atoms with van der Waals surface area (Å²) in [6.07, 6.45) is 1.98. The second-order valence-electron chi connectivity index (χ2n) is 1.43. The van der Waals surface area contributed by atoms with Gasteiger partial charge in [0.1, 0.15) is 0 Å². The first-order valence-corrected chi connectivity index (χ1v) is 3.13. The Labute approximate surface area is 57.4 Å². The molecule has 0 aliphatic carbocycles. The molecule has 8 heavy (non-hydrogen) atoms. The van der Waals surface area contributed by atoms with E-state index in [-0.39, 0.29) is 0 Å². The van der Waals surface area contributed by atoms with Gasteiger partial charge in [-0.3, -0.25) is 0 Å². The molecule has 0 atom stereocenters. The zero-order chi connectivity index (χ0) is 6.41. The topological polar surface area (TPSA) is 26.3 Å². The van der Waals surface area contributed by atoms with E-state index in [2.05, 4.69) is 20.7 Å². The Kier molecular flexibility index (Phi) is 5.13. The van der Waals surface area contributed by atoms with E-state index in [0.717, 1.165) is 12.8 Å². The van der Waals surface area contributed by atoms with Gasteiger partial charge < -0.3 is 0 Å². The molecule has 0 saturated heterocycles. The predicted octanol–water partition coefficient (Wildman–Crippen LogP) is 1.47. The summed E-state index contributed by atoms with van der Waals surface area (Å²) in [5.74, 6) is 0. The summed E-state index contributed by atoms with van der Waals surface area (Å²) >= 11 is 3.05. The quantitative estimate of drug-likeness (QED) is 0.458. The molecule has 49 valence electrons. The summed E-state index contributed by atoms with van der Waals surface area (Å²) in [6.45, 7) is 2.55. The van der Waals surface area contributed by atoms with Crippen LogP contribution in [0.3, 0.4) is 0 Å². The molecule has 0 radical (unpaired) electrons. The number of carbonyl (C=O) groups excluding carboxylic acids is 1. The van der Waals surface area contributed by atoms with Crippen molar-refractivity contribution in [1.82, 2.24) is 0 Å². The van der Waals surface area contributed by atoms with E-state index in [1.54, 1.807) is 0 Å². The molecule has 0 aromatic heterocycles. The van der Waals surface area contributed by atoms with Crippen molar-refractivity contribution in [3.05, 3.63) is 0 Å². The molecule has 0 rings (SSSR count). The van der Waals surface area contributed by atoms with Gasteiger partial charge in [-0.25, -0.2) is 0 Å². The second kappa shape index (κ2) is 5.13. The van der Waals surface area contributed by atoms with Crippen LogP contribution in [-0.2, 0) is 20.7 Å². The summed E-state index contributed by atoms with van der Waals surface area (Å²) in [4.78, 5) is 9.55. The minimum absolute atomic E-state index is 0.432. The molecule has 0 unspecified atom stereocenters. The van der Waals surface area contributed by atoms with Crippen molar-refractivity contribution < 1.29 is 25.5 Å². The summed E-state index contributed by atoms with van der Waals surface area (Å²) in [5, 5.41) is 0. The third-order valence-corrected chi connectivity index (χ3v) is 0.869. The van der Waals surface area contributed by atoms with Crippen LogP contribution in [0.1, 0.15) is 19.8 Å². The molecule has 0 fully saturated rings. The molecular weight excluding hydrogens is 148 g/mol. The summed E-state index contributed by atoms with van der Waals surface area (Å²) < 4.78 is 4.53. The van der Waals surface area contributed by atoms with Crippen molar-refractivity contribution in [1.29, 1.82) is 0 Å². The van der Waals surface area contributed by atoms with Crippen molar-refractivity contribution in [2.75, 3.05) is 6.61 Å².